The second-order valence-electron chi connectivity index (χ2n) is 10.1. The Morgan fingerprint density at radius 2 is 2.03 bits per heavy atom. The minimum atomic E-state index is -0.169. The SMILES string of the molecule is CCC=C(NC1CCc2cc(Cl)cc(Cl)c2C1)C(=O)Nc1cn(C(C)(C)CN2CCCC2)cn1. The van der Waals surface area contributed by atoms with Crippen molar-refractivity contribution in [3.05, 3.63) is 57.6 Å². The normalized spacial score (nSPS) is 19.2. The number of anilines is 1. The van der Waals surface area contributed by atoms with Crippen LogP contribution in [0.2, 0.25) is 10.0 Å². The van der Waals surface area contributed by atoms with Crippen molar-refractivity contribution < 1.29 is 4.79 Å². The molecule has 4 rings (SSSR count). The van der Waals surface area contributed by atoms with E-state index < -0.39 is 0 Å². The van der Waals surface area contributed by atoms with Crippen molar-refractivity contribution in [1.82, 2.24) is 19.8 Å². The first-order chi connectivity index (χ1) is 16.2. The van der Waals surface area contributed by atoms with E-state index in [-0.39, 0.29) is 17.5 Å². The molecule has 8 heteroatoms. The lowest BCUT2D eigenvalue weighted by Crippen LogP contribution is -2.39. The zero-order chi connectivity index (χ0) is 24.3. The van der Waals surface area contributed by atoms with Gasteiger partial charge in [-0.1, -0.05) is 36.2 Å². The van der Waals surface area contributed by atoms with Gasteiger partial charge in [-0.05, 0) is 88.7 Å². The highest BCUT2D eigenvalue weighted by Gasteiger charge is 2.27. The fourth-order valence-corrected chi connectivity index (χ4v) is 5.64. The Balaban J connectivity index is 1.40. The first kappa shape index (κ1) is 25.1. The molecule has 0 bridgehead atoms. The number of hydrogen-bond donors (Lipinski definition) is 2. The number of benzene rings is 1. The van der Waals surface area contributed by atoms with Crippen LogP contribution in [-0.2, 0) is 23.2 Å². The summed E-state index contributed by atoms with van der Waals surface area (Å²) in [4.78, 5) is 20.1. The fraction of sp³-hybridized carbons (Fsp3) is 0.538. The number of carbonyl (C=O) groups is 1. The molecule has 2 heterocycles. The lowest BCUT2D eigenvalue weighted by molar-refractivity contribution is -0.113. The van der Waals surface area contributed by atoms with Crippen LogP contribution < -0.4 is 10.6 Å². The van der Waals surface area contributed by atoms with E-state index in [4.69, 9.17) is 23.2 Å². The van der Waals surface area contributed by atoms with Gasteiger partial charge in [-0.15, -0.1) is 0 Å². The molecule has 1 unspecified atom stereocenters. The van der Waals surface area contributed by atoms with Crippen LogP contribution in [0.4, 0.5) is 5.82 Å². The Morgan fingerprint density at radius 1 is 1.26 bits per heavy atom. The number of carbonyl (C=O) groups excluding carboxylic acids is 1. The van der Waals surface area contributed by atoms with Gasteiger partial charge in [-0.2, -0.15) is 0 Å². The number of aryl methyl sites for hydroxylation is 1. The number of hydrogen-bond acceptors (Lipinski definition) is 4. The molecule has 0 spiro atoms. The van der Waals surface area contributed by atoms with Crippen LogP contribution in [0, 0.1) is 0 Å². The second-order valence-corrected chi connectivity index (χ2v) is 10.9. The second kappa shape index (κ2) is 10.7. The van der Waals surface area contributed by atoms with Gasteiger partial charge in [0, 0.05) is 28.8 Å². The van der Waals surface area contributed by atoms with Crippen molar-refractivity contribution in [2.45, 2.75) is 70.9 Å². The van der Waals surface area contributed by atoms with Gasteiger partial charge in [0.15, 0.2) is 5.82 Å². The van der Waals surface area contributed by atoms with Gasteiger partial charge in [0.2, 0.25) is 0 Å². The Morgan fingerprint density at radius 3 is 2.76 bits per heavy atom. The van der Waals surface area contributed by atoms with Gasteiger partial charge in [0.05, 0.1) is 17.6 Å². The van der Waals surface area contributed by atoms with E-state index in [9.17, 15) is 4.79 Å². The molecule has 2 aliphatic rings. The van der Waals surface area contributed by atoms with Gasteiger partial charge in [-0.3, -0.25) is 4.79 Å². The van der Waals surface area contributed by atoms with Crippen LogP contribution in [0.3, 0.4) is 0 Å². The quantitative estimate of drug-likeness (QED) is 0.473. The smallest absolute Gasteiger partial charge is 0.272 e. The van der Waals surface area contributed by atoms with Crippen LogP contribution in [0.15, 0.2) is 36.4 Å². The summed E-state index contributed by atoms with van der Waals surface area (Å²) in [7, 11) is 0. The topological polar surface area (TPSA) is 62.2 Å². The number of imidazole rings is 1. The molecule has 34 heavy (non-hydrogen) atoms. The number of likely N-dealkylation sites (tertiary alicyclic amines) is 1. The van der Waals surface area contributed by atoms with E-state index in [1.54, 1.807) is 6.07 Å². The van der Waals surface area contributed by atoms with E-state index >= 15 is 0 Å². The van der Waals surface area contributed by atoms with Crippen LogP contribution in [0.5, 0.6) is 0 Å². The Kier molecular flexibility index (Phi) is 7.90. The number of rotatable bonds is 8. The monoisotopic (exact) mass is 503 g/mol. The largest absolute Gasteiger partial charge is 0.378 e. The zero-order valence-electron chi connectivity index (χ0n) is 20.3. The Labute approximate surface area is 212 Å². The molecule has 0 radical (unpaired) electrons. The molecular weight excluding hydrogens is 469 g/mol. The maximum atomic E-state index is 13.1. The molecular formula is C26H35Cl2N5O. The van der Waals surface area contributed by atoms with E-state index in [1.807, 2.05) is 31.6 Å². The molecule has 184 valence electrons. The van der Waals surface area contributed by atoms with Crippen LogP contribution in [-0.4, -0.2) is 46.0 Å². The molecule has 6 nitrogen and oxygen atoms in total. The van der Waals surface area contributed by atoms with Crippen molar-refractivity contribution in [2.75, 3.05) is 25.0 Å². The number of nitrogens with one attached hydrogen (secondary N) is 2. The first-order valence-corrected chi connectivity index (χ1v) is 13.0. The average molecular weight is 505 g/mol. The summed E-state index contributed by atoms with van der Waals surface area (Å²) in [5.41, 5.74) is 2.79. The van der Waals surface area contributed by atoms with Crippen molar-refractivity contribution in [2.24, 2.45) is 0 Å². The number of nitrogens with zero attached hydrogens (tertiary/aromatic N) is 3. The van der Waals surface area contributed by atoms with Gasteiger partial charge >= 0.3 is 0 Å². The average Bonchev–Trinajstić information content (AvgIpc) is 3.46. The van der Waals surface area contributed by atoms with Crippen LogP contribution >= 0.6 is 23.2 Å². The molecule has 2 aromatic rings. The highest BCUT2D eigenvalue weighted by Crippen LogP contribution is 2.31. The summed E-state index contributed by atoms with van der Waals surface area (Å²) in [6.45, 7) is 9.73. The highest BCUT2D eigenvalue weighted by molar-refractivity contribution is 6.35. The maximum Gasteiger partial charge on any atom is 0.272 e. The molecule has 1 aromatic heterocycles. The molecule has 1 aliphatic carbocycles. The summed E-state index contributed by atoms with van der Waals surface area (Å²) in [6, 6.07) is 3.92. The predicted molar refractivity (Wildman–Crippen MR) is 140 cm³/mol. The van der Waals surface area contributed by atoms with Gasteiger partial charge in [0.25, 0.3) is 5.91 Å². The number of amides is 1. The third kappa shape index (κ3) is 5.96. The third-order valence-corrected chi connectivity index (χ3v) is 7.37. The standard InChI is InChI=1S/C26H35Cl2N5O/c1-4-7-23(30-20-9-8-18-12-19(27)13-22(28)21(18)14-20)25(34)31-24-15-33(17-29-24)26(2,3)16-32-10-5-6-11-32/h7,12-13,15,17,20,30H,4-6,8-11,14,16H2,1-3H3,(H,31,34). The first-order valence-electron chi connectivity index (χ1n) is 12.3. The van der Waals surface area contributed by atoms with Gasteiger partial charge < -0.3 is 20.1 Å². The zero-order valence-corrected chi connectivity index (χ0v) is 21.8. The highest BCUT2D eigenvalue weighted by atomic mass is 35.5. The summed E-state index contributed by atoms with van der Waals surface area (Å²) < 4.78 is 2.10. The number of halogens is 2. The molecule has 2 N–H and O–H groups in total. The van der Waals surface area contributed by atoms with Gasteiger partial charge in [-0.25, -0.2) is 4.98 Å². The number of aromatic nitrogens is 2. The Bertz CT molecular complexity index is 1060. The molecule has 1 saturated heterocycles. The minimum absolute atomic E-state index is 0.0989. The third-order valence-electron chi connectivity index (χ3n) is 6.81. The van der Waals surface area contributed by atoms with Crippen molar-refractivity contribution in [3.63, 3.8) is 0 Å². The lowest BCUT2D eigenvalue weighted by atomic mass is 9.88. The van der Waals surface area contributed by atoms with Gasteiger partial charge in [0.1, 0.15) is 0 Å². The van der Waals surface area contributed by atoms with Crippen LogP contribution in [0.1, 0.15) is 57.6 Å². The lowest BCUT2D eigenvalue weighted by Gasteiger charge is -2.31. The maximum absolute atomic E-state index is 13.1. The molecule has 1 aromatic carbocycles. The predicted octanol–water partition coefficient (Wildman–Crippen LogP) is 5.40. The van der Waals surface area contributed by atoms with E-state index in [0.717, 1.165) is 50.9 Å². The number of allylic oxidation sites excluding steroid dienone is 1. The van der Waals surface area contributed by atoms with E-state index in [1.165, 1.54) is 18.4 Å². The van der Waals surface area contributed by atoms with E-state index in [2.05, 4.69) is 38.9 Å². The molecule has 0 saturated carbocycles. The van der Waals surface area contributed by atoms with E-state index in [0.29, 0.717) is 21.6 Å². The molecule has 1 amide bonds. The van der Waals surface area contributed by atoms with Crippen molar-refractivity contribution in [1.29, 1.82) is 0 Å². The molecule has 1 atom stereocenters. The molecule has 1 fully saturated rings. The van der Waals surface area contributed by atoms with Crippen molar-refractivity contribution in [3.8, 4) is 0 Å². The Hall–Kier alpha value is -2.02. The number of fused-ring (bicyclic) bond motifs is 1. The van der Waals surface area contributed by atoms with Crippen molar-refractivity contribution >= 4 is 34.9 Å². The minimum Gasteiger partial charge on any atom is -0.378 e. The molecule has 1 aliphatic heterocycles. The van der Waals surface area contributed by atoms with Crippen LogP contribution in [0.25, 0.3) is 0 Å². The fourth-order valence-electron chi connectivity index (χ4n) is 5.02. The summed E-state index contributed by atoms with van der Waals surface area (Å²) in [5.74, 6) is 0.396. The summed E-state index contributed by atoms with van der Waals surface area (Å²) in [6.07, 6.45) is 11.5. The summed E-state index contributed by atoms with van der Waals surface area (Å²) in [5, 5.41) is 7.81. The summed E-state index contributed by atoms with van der Waals surface area (Å²) >= 11 is 12.6.